The third-order valence-electron chi connectivity index (χ3n) is 4.43. The molecule has 0 saturated carbocycles. The van der Waals surface area contributed by atoms with E-state index in [1.165, 1.54) is 12.8 Å². The fourth-order valence-electron chi connectivity index (χ4n) is 2.73. The molecule has 31 heavy (non-hydrogen) atoms. The van der Waals surface area contributed by atoms with Crippen LogP contribution in [0, 0.1) is 0 Å². The summed E-state index contributed by atoms with van der Waals surface area (Å²) in [7, 11) is 0. The maximum absolute atomic E-state index is 12.4. The molecule has 0 bridgehead atoms. The number of unbranched alkanes of at least 4 members (excludes halogenated alkanes) is 3. The highest BCUT2D eigenvalue weighted by molar-refractivity contribution is 7.80. The maximum atomic E-state index is 12.4. The van der Waals surface area contributed by atoms with Crippen molar-refractivity contribution in [3.63, 3.8) is 0 Å². The zero-order valence-electron chi connectivity index (χ0n) is 18.1. The Balaban J connectivity index is 1.80. The van der Waals surface area contributed by atoms with Crippen LogP contribution in [0.1, 0.15) is 66.7 Å². The molecule has 1 amide bonds. The molecular weight excluding hydrogens is 412 g/mol. The van der Waals surface area contributed by atoms with E-state index < -0.39 is 0 Å². The molecule has 0 atom stereocenters. The number of nitrogens with one attached hydrogen (secondary N) is 2. The smallest absolute Gasteiger partial charge is 0.338 e. The lowest BCUT2D eigenvalue weighted by Gasteiger charge is -2.11. The summed E-state index contributed by atoms with van der Waals surface area (Å²) < 4.78 is 10.8. The second-order valence-corrected chi connectivity index (χ2v) is 7.46. The van der Waals surface area contributed by atoms with E-state index in [1.807, 2.05) is 6.92 Å². The maximum Gasteiger partial charge on any atom is 0.338 e. The molecule has 0 fully saturated rings. The Kier molecular flexibility index (Phi) is 10.5. The lowest BCUT2D eigenvalue weighted by Crippen LogP contribution is -2.34. The van der Waals surface area contributed by atoms with Crippen molar-refractivity contribution in [1.82, 2.24) is 5.32 Å². The Hall–Kier alpha value is -2.93. The van der Waals surface area contributed by atoms with Gasteiger partial charge in [-0.1, -0.05) is 33.1 Å². The number of hydrogen-bond donors (Lipinski definition) is 2. The number of anilines is 1. The van der Waals surface area contributed by atoms with E-state index in [4.69, 9.17) is 21.7 Å². The van der Waals surface area contributed by atoms with Crippen molar-refractivity contribution in [1.29, 1.82) is 0 Å². The Labute approximate surface area is 189 Å². The van der Waals surface area contributed by atoms with Gasteiger partial charge in [0.1, 0.15) is 5.75 Å². The van der Waals surface area contributed by atoms with Gasteiger partial charge in [-0.05, 0) is 73.6 Å². The van der Waals surface area contributed by atoms with Crippen LogP contribution >= 0.6 is 12.2 Å². The summed E-state index contributed by atoms with van der Waals surface area (Å²) in [5, 5.41) is 5.74. The van der Waals surface area contributed by atoms with Crippen molar-refractivity contribution in [2.24, 2.45) is 0 Å². The van der Waals surface area contributed by atoms with Gasteiger partial charge >= 0.3 is 5.97 Å². The highest BCUT2D eigenvalue weighted by Gasteiger charge is 2.10. The standard InChI is InChI=1S/C24H30N2O4S/c1-3-5-6-7-17-29-21-14-10-18(11-15-21)22(27)26-24(31)25-20-12-8-19(9-13-20)23(28)30-16-4-2/h8-15H,3-7,16-17H2,1-2H3,(H2,25,26,27,31). The lowest BCUT2D eigenvalue weighted by atomic mass is 10.2. The first kappa shape index (κ1) is 24.3. The average Bonchev–Trinajstić information content (AvgIpc) is 2.78. The minimum absolute atomic E-state index is 0.169. The summed E-state index contributed by atoms with van der Waals surface area (Å²) in [6, 6.07) is 13.7. The Morgan fingerprint density at radius 3 is 2.16 bits per heavy atom. The van der Waals surface area contributed by atoms with Crippen molar-refractivity contribution >= 4 is 34.9 Å². The number of esters is 1. The Morgan fingerprint density at radius 1 is 0.839 bits per heavy atom. The highest BCUT2D eigenvalue weighted by atomic mass is 32.1. The number of benzene rings is 2. The fraction of sp³-hybridized carbons (Fsp3) is 0.375. The van der Waals surface area contributed by atoms with Crippen molar-refractivity contribution in [2.45, 2.75) is 46.0 Å². The van der Waals surface area contributed by atoms with Gasteiger partial charge in [0.2, 0.25) is 0 Å². The third kappa shape index (κ3) is 8.76. The quantitative estimate of drug-likeness (QED) is 0.278. The molecular formula is C24H30N2O4S. The van der Waals surface area contributed by atoms with Crippen LogP contribution in [-0.2, 0) is 4.74 Å². The van der Waals surface area contributed by atoms with E-state index in [-0.39, 0.29) is 17.0 Å². The highest BCUT2D eigenvalue weighted by Crippen LogP contribution is 2.14. The van der Waals surface area contributed by atoms with Gasteiger partial charge in [0.15, 0.2) is 5.11 Å². The summed E-state index contributed by atoms with van der Waals surface area (Å²) in [5.41, 5.74) is 1.60. The van der Waals surface area contributed by atoms with Crippen LogP contribution in [0.2, 0.25) is 0 Å². The summed E-state index contributed by atoms with van der Waals surface area (Å²) in [5.74, 6) is 0.0655. The topological polar surface area (TPSA) is 76.7 Å². The van der Waals surface area contributed by atoms with E-state index in [9.17, 15) is 9.59 Å². The van der Waals surface area contributed by atoms with E-state index in [0.717, 1.165) is 25.0 Å². The first-order valence-corrected chi connectivity index (χ1v) is 11.1. The largest absolute Gasteiger partial charge is 0.494 e. The summed E-state index contributed by atoms with van der Waals surface area (Å²) >= 11 is 5.21. The van der Waals surface area contributed by atoms with Crippen LogP contribution in [0.5, 0.6) is 5.75 Å². The number of thiocarbonyl (C=S) groups is 1. The predicted octanol–water partition coefficient (Wildman–Crippen LogP) is 5.34. The monoisotopic (exact) mass is 442 g/mol. The number of hydrogen-bond acceptors (Lipinski definition) is 5. The van der Waals surface area contributed by atoms with Gasteiger partial charge in [0, 0.05) is 11.3 Å². The van der Waals surface area contributed by atoms with Crippen LogP contribution < -0.4 is 15.4 Å². The number of carbonyl (C=O) groups excluding carboxylic acids is 2. The summed E-state index contributed by atoms with van der Waals surface area (Å²) in [6.07, 6.45) is 5.36. The zero-order chi connectivity index (χ0) is 22.5. The Morgan fingerprint density at radius 2 is 1.52 bits per heavy atom. The number of ether oxygens (including phenoxy) is 2. The minimum Gasteiger partial charge on any atom is -0.494 e. The van der Waals surface area contributed by atoms with Gasteiger partial charge in [-0.15, -0.1) is 0 Å². The normalized spacial score (nSPS) is 10.3. The summed E-state index contributed by atoms with van der Waals surface area (Å²) in [6.45, 7) is 5.18. The molecule has 2 rings (SSSR count). The van der Waals surface area contributed by atoms with Crippen molar-refractivity contribution in [3.05, 3.63) is 59.7 Å². The number of carbonyl (C=O) groups is 2. The molecule has 0 aliphatic carbocycles. The molecule has 2 aromatic carbocycles. The zero-order valence-corrected chi connectivity index (χ0v) is 18.9. The van der Waals surface area contributed by atoms with Crippen LogP contribution in [0.25, 0.3) is 0 Å². The fourth-order valence-corrected chi connectivity index (χ4v) is 2.94. The summed E-state index contributed by atoms with van der Waals surface area (Å²) in [4.78, 5) is 24.2. The molecule has 0 radical (unpaired) electrons. The van der Waals surface area contributed by atoms with Crippen LogP contribution in [0.15, 0.2) is 48.5 Å². The first-order valence-electron chi connectivity index (χ1n) is 10.7. The molecule has 7 heteroatoms. The predicted molar refractivity (Wildman–Crippen MR) is 127 cm³/mol. The van der Waals surface area contributed by atoms with Crippen LogP contribution in [0.3, 0.4) is 0 Å². The SMILES string of the molecule is CCCCCCOc1ccc(C(=O)NC(=S)Nc2ccc(C(=O)OCCC)cc2)cc1. The van der Waals surface area contributed by atoms with Gasteiger partial charge < -0.3 is 14.8 Å². The molecule has 0 aliphatic heterocycles. The number of rotatable bonds is 11. The van der Waals surface area contributed by atoms with Gasteiger partial charge in [-0.3, -0.25) is 10.1 Å². The van der Waals surface area contributed by atoms with E-state index in [1.54, 1.807) is 48.5 Å². The number of amides is 1. The van der Waals surface area contributed by atoms with Gasteiger partial charge in [0.25, 0.3) is 5.91 Å². The molecule has 0 aliphatic rings. The molecule has 0 heterocycles. The molecule has 0 spiro atoms. The second-order valence-electron chi connectivity index (χ2n) is 7.06. The minimum atomic E-state index is -0.363. The molecule has 166 valence electrons. The molecule has 0 saturated heterocycles. The van der Waals surface area contributed by atoms with E-state index in [0.29, 0.717) is 30.0 Å². The first-order chi connectivity index (χ1) is 15.0. The third-order valence-corrected chi connectivity index (χ3v) is 4.63. The lowest BCUT2D eigenvalue weighted by molar-refractivity contribution is 0.0505. The van der Waals surface area contributed by atoms with Crippen molar-refractivity contribution in [2.75, 3.05) is 18.5 Å². The molecule has 2 N–H and O–H groups in total. The van der Waals surface area contributed by atoms with Crippen LogP contribution in [0.4, 0.5) is 5.69 Å². The average molecular weight is 443 g/mol. The molecule has 2 aromatic rings. The van der Waals surface area contributed by atoms with Crippen LogP contribution in [-0.4, -0.2) is 30.2 Å². The van der Waals surface area contributed by atoms with Gasteiger partial charge in [-0.25, -0.2) is 4.79 Å². The second kappa shape index (κ2) is 13.4. The van der Waals surface area contributed by atoms with Crippen molar-refractivity contribution < 1.29 is 19.1 Å². The Bertz CT molecular complexity index is 851. The van der Waals surface area contributed by atoms with Crippen molar-refractivity contribution in [3.8, 4) is 5.75 Å². The van der Waals surface area contributed by atoms with E-state index in [2.05, 4.69) is 17.6 Å². The van der Waals surface area contributed by atoms with E-state index >= 15 is 0 Å². The van der Waals surface area contributed by atoms with Gasteiger partial charge in [-0.2, -0.15) is 0 Å². The molecule has 0 aromatic heterocycles. The van der Waals surface area contributed by atoms with Gasteiger partial charge in [0.05, 0.1) is 18.8 Å². The molecule has 0 unspecified atom stereocenters. The molecule has 6 nitrogen and oxygen atoms in total.